The van der Waals surface area contributed by atoms with Crippen LogP contribution in [0.2, 0.25) is 0 Å². The van der Waals surface area contributed by atoms with Gasteiger partial charge in [0.2, 0.25) is 0 Å². The van der Waals surface area contributed by atoms with Crippen molar-refractivity contribution in [1.82, 2.24) is 9.78 Å². The molecule has 0 unspecified atom stereocenters. The summed E-state index contributed by atoms with van der Waals surface area (Å²) in [6.07, 6.45) is 8.95. The third kappa shape index (κ3) is 2.95. The molecular weight excluding hydrogens is 241 g/mol. The highest BCUT2D eigenvalue weighted by molar-refractivity contribution is 5.39. The van der Waals surface area contributed by atoms with Crippen LogP contribution in [0.25, 0.3) is 0 Å². The van der Waals surface area contributed by atoms with Crippen LogP contribution in [0.1, 0.15) is 37.3 Å². The van der Waals surface area contributed by atoms with Gasteiger partial charge in [-0.3, -0.25) is 4.68 Å². The molecule has 3 nitrogen and oxygen atoms in total. The highest BCUT2D eigenvalue weighted by Crippen LogP contribution is 2.29. The number of anilines is 1. The Labute approximate surface area is 112 Å². The van der Waals surface area contributed by atoms with Gasteiger partial charge >= 0.3 is 0 Å². The molecule has 0 atom stereocenters. The van der Waals surface area contributed by atoms with Gasteiger partial charge in [0, 0.05) is 12.7 Å². The molecule has 0 radical (unpaired) electrons. The van der Waals surface area contributed by atoms with Crippen molar-refractivity contribution in [2.45, 2.75) is 38.3 Å². The third-order valence-corrected chi connectivity index (χ3v) is 3.69. The number of rotatable bonds is 4. The first-order chi connectivity index (χ1) is 9.31. The van der Waals surface area contributed by atoms with Gasteiger partial charge in [-0.15, -0.1) is 0 Å². The predicted octanol–water partition coefficient (Wildman–Crippen LogP) is 3.75. The Morgan fingerprint density at radius 2 is 2.16 bits per heavy atom. The fourth-order valence-electron chi connectivity index (χ4n) is 2.65. The lowest BCUT2D eigenvalue weighted by Crippen LogP contribution is -2.04. The molecule has 1 aliphatic carbocycles. The molecule has 1 fully saturated rings. The molecule has 1 aliphatic rings. The summed E-state index contributed by atoms with van der Waals surface area (Å²) in [7, 11) is 0. The quantitative estimate of drug-likeness (QED) is 0.906. The van der Waals surface area contributed by atoms with Crippen molar-refractivity contribution in [1.29, 1.82) is 0 Å². The number of benzene rings is 1. The first-order valence-electron chi connectivity index (χ1n) is 6.84. The molecule has 2 aromatic rings. The maximum absolute atomic E-state index is 13.1. The van der Waals surface area contributed by atoms with Crippen molar-refractivity contribution in [3.63, 3.8) is 0 Å². The van der Waals surface area contributed by atoms with Gasteiger partial charge in [0.05, 0.1) is 17.9 Å². The van der Waals surface area contributed by atoms with Crippen LogP contribution in [0.15, 0.2) is 36.7 Å². The number of hydrogen-bond donors (Lipinski definition) is 1. The highest BCUT2D eigenvalue weighted by atomic mass is 19.1. The van der Waals surface area contributed by atoms with E-state index in [0.29, 0.717) is 12.6 Å². The molecule has 1 heterocycles. The van der Waals surface area contributed by atoms with Crippen LogP contribution in [0.5, 0.6) is 0 Å². The minimum absolute atomic E-state index is 0.194. The van der Waals surface area contributed by atoms with Gasteiger partial charge in [-0.05, 0) is 30.5 Å². The molecule has 0 spiro atoms. The zero-order chi connectivity index (χ0) is 13.1. The summed E-state index contributed by atoms with van der Waals surface area (Å²) in [6.45, 7) is 0.619. The van der Waals surface area contributed by atoms with E-state index in [1.165, 1.54) is 31.7 Å². The van der Waals surface area contributed by atoms with Crippen LogP contribution in [0.3, 0.4) is 0 Å². The van der Waals surface area contributed by atoms with Crippen molar-refractivity contribution < 1.29 is 4.39 Å². The maximum atomic E-state index is 13.1. The van der Waals surface area contributed by atoms with Crippen molar-refractivity contribution in [3.8, 4) is 0 Å². The van der Waals surface area contributed by atoms with E-state index in [1.807, 2.05) is 12.3 Å². The van der Waals surface area contributed by atoms with Crippen LogP contribution < -0.4 is 5.32 Å². The normalized spacial score (nSPS) is 15.8. The largest absolute Gasteiger partial charge is 0.378 e. The first-order valence-corrected chi connectivity index (χ1v) is 6.84. The SMILES string of the molecule is Fc1cccc(CNc2cnn(C3CCCC3)c2)c1. The van der Waals surface area contributed by atoms with Crippen molar-refractivity contribution in [2.75, 3.05) is 5.32 Å². The third-order valence-electron chi connectivity index (χ3n) is 3.69. The zero-order valence-corrected chi connectivity index (χ0v) is 10.8. The highest BCUT2D eigenvalue weighted by Gasteiger charge is 2.17. The molecule has 0 aliphatic heterocycles. The average Bonchev–Trinajstić information content (AvgIpc) is 3.07. The Morgan fingerprint density at radius 1 is 1.32 bits per heavy atom. The van der Waals surface area contributed by atoms with Crippen molar-refractivity contribution in [2.24, 2.45) is 0 Å². The Kier molecular flexibility index (Phi) is 3.49. The van der Waals surface area contributed by atoms with Gasteiger partial charge in [0.1, 0.15) is 5.82 Å². The molecule has 1 saturated carbocycles. The lowest BCUT2D eigenvalue weighted by Gasteiger charge is -2.08. The van der Waals surface area contributed by atoms with E-state index in [-0.39, 0.29) is 5.82 Å². The first kappa shape index (κ1) is 12.2. The standard InChI is InChI=1S/C15H18FN3/c16-13-5-3-4-12(8-13)9-17-14-10-18-19(11-14)15-6-1-2-7-15/h3-5,8,10-11,15,17H,1-2,6-7,9H2. The Bertz CT molecular complexity index is 544. The predicted molar refractivity (Wildman–Crippen MR) is 73.5 cm³/mol. The molecule has 4 heteroatoms. The molecule has 0 bridgehead atoms. The molecule has 19 heavy (non-hydrogen) atoms. The monoisotopic (exact) mass is 259 g/mol. The maximum Gasteiger partial charge on any atom is 0.123 e. The number of nitrogens with one attached hydrogen (secondary N) is 1. The summed E-state index contributed by atoms with van der Waals surface area (Å²) in [5, 5.41) is 7.69. The van der Waals surface area contributed by atoms with E-state index in [0.717, 1.165) is 11.3 Å². The van der Waals surface area contributed by atoms with Crippen LogP contribution in [0, 0.1) is 5.82 Å². The van der Waals surface area contributed by atoms with Gasteiger partial charge in [0.15, 0.2) is 0 Å². The van der Waals surface area contributed by atoms with Crippen LogP contribution >= 0.6 is 0 Å². The van der Waals surface area contributed by atoms with E-state index < -0.39 is 0 Å². The second-order valence-electron chi connectivity index (χ2n) is 5.13. The fourth-order valence-corrected chi connectivity index (χ4v) is 2.65. The Balaban J connectivity index is 1.61. The molecule has 0 amide bonds. The Morgan fingerprint density at radius 3 is 2.95 bits per heavy atom. The van der Waals surface area contributed by atoms with Gasteiger partial charge in [-0.2, -0.15) is 5.10 Å². The summed E-state index contributed by atoms with van der Waals surface area (Å²) in [6, 6.07) is 7.21. The van der Waals surface area contributed by atoms with Gasteiger partial charge < -0.3 is 5.32 Å². The van der Waals surface area contributed by atoms with E-state index in [4.69, 9.17) is 0 Å². The molecule has 3 rings (SSSR count). The number of nitrogens with zero attached hydrogens (tertiary/aromatic N) is 2. The average molecular weight is 259 g/mol. The summed E-state index contributed by atoms with van der Waals surface area (Å²) in [4.78, 5) is 0. The zero-order valence-electron chi connectivity index (χ0n) is 10.8. The second-order valence-corrected chi connectivity index (χ2v) is 5.13. The van der Waals surface area contributed by atoms with E-state index >= 15 is 0 Å². The van der Waals surface area contributed by atoms with Crippen LogP contribution in [-0.4, -0.2) is 9.78 Å². The van der Waals surface area contributed by atoms with Crippen molar-refractivity contribution in [3.05, 3.63) is 48.0 Å². The summed E-state index contributed by atoms with van der Waals surface area (Å²) < 4.78 is 15.1. The summed E-state index contributed by atoms with van der Waals surface area (Å²) >= 11 is 0. The minimum atomic E-state index is -0.194. The lowest BCUT2D eigenvalue weighted by atomic mass is 10.2. The van der Waals surface area contributed by atoms with Gasteiger partial charge in [0.25, 0.3) is 0 Å². The van der Waals surface area contributed by atoms with Gasteiger partial charge in [-0.25, -0.2) is 4.39 Å². The fraction of sp³-hybridized carbons (Fsp3) is 0.400. The van der Waals surface area contributed by atoms with E-state index in [2.05, 4.69) is 21.3 Å². The lowest BCUT2D eigenvalue weighted by molar-refractivity contribution is 0.467. The summed E-state index contributed by atoms with van der Waals surface area (Å²) in [5.74, 6) is -0.194. The van der Waals surface area contributed by atoms with E-state index in [9.17, 15) is 4.39 Å². The Hall–Kier alpha value is -1.84. The number of aromatic nitrogens is 2. The topological polar surface area (TPSA) is 29.9 Å². The van der Waals surface area contributed by atoms with Crippen LogP contribution in [0.4, 0.5) is 10.1 Å². The number of hydrogen-bond acceptors (Lipinski definition) is 2. The second kappa shape index (κ2) is 5.43. The van der Waals surface area contributed by atoms with Crippen LogP contribution in [-0.2, 0) is 6.54 Å². The molecule has 1 N–H and O–H groups in total. The minimum Gasteiger partial charge on any atom is -0.378 e. The van der Waals surface area contributed by atoms with E-state index in [1.54, 1.807) is 12.1 Å². The number of halogens is 1. The van der Waals surface area contributed by atoms with Crippen molar-refractivity contribution >= 4 is 5.69 Å². The van der Waals surface area contributed by atoms with Gasteiger partial charge in [-0.1, -0.05) is 25.0 Å². The molecule has 1 aromatic carbocycles. The molecule has 1 aromatic heterocycles. The smallest absolute Gasteiger partial charge is 0.123 e. The molecular formula is C15H18FN3. The summed E-state index contributed by atoms with van der Waals surface area (Å²) in [5.41, 5.74) is 1.93. The molecule has 100 valence electrons. The molecule has 0 saturated heterocycles.